The van der Waals surface area contributed by atoms with E-state index < -0.39 is 54.5 Å². The van der Waals surface area contributed by atoms with Crippen LogP contribution in [-0.4, -0.2) is 80.0 Å². The van der Waals surface area contributed by atoms with Crippen LogP contribution in [-0.2, 0) is 49.5 Å². The average molecular weight is 650 g/mol. The lowest BCUT2D eigenvalue weighted by atomic mass is 9.97. The molecule has 16 nitrogen and oxygen atoms in total. The van der Waals surface area contributed by atoms with E-state index in [0.29, 0.717) is 28.7 Å². The van der Waals surface area contributed by atoms with Gasteiger partial charge in [-0.25, -0.2) is 4.68 Å². The largest absolute Gasteiger partial charge is 0.487 e. The number of esters is 4. The van der Waals surface area contributed by atoms with Crippen molar-refractivity contribution in [1.29, 1.82) is 0 Å². The Morgan fingerprint density at radius 2 is 1.45 bits per heavy atom. The normalized spacial score (nSPS) is 20.6. The average Bonchev–Trinajstić information content (AvgIpc) is 3.72. The molecule has 0 saturated carbocycles. The van der Waals surface area contributed by atoms with Gasteiger partial charge in [-0.05, 0) is 24.3 Å². The fraction of sp³-hybridized carbons (Fsp3) is 0.355. The zero-order valence-corrected chi connectivity index (χ0v) is 25.8. The Hall–Kier alpha value is -5.64. The molecule has 0 N–H and O–H groups in total. The van der Waals surface area contributed by atoms with E-state index in [9.17, 15) is 19.2 Å². The molecule has 0 radical (unpaired) electrons. The lowest BCUT2D eigenvalue weighted by Crippen LogP contribution is -2.60. The first-order valence-corrected chi connectivity index (χ1v) is 14.4. The molecule has 1 fully saturated rings. The van der Waals surface area contributed by atoms with Crippen LogP contribution < -0.4 is 4.74 Å². The zero-order chi connectivity index (χ0) is 33.5. The second-order valence-corrected chi connectivity index (χ2v) is 10.4. The predicted octanol–water partition coefficient (Wildman–Crippen LogP) is 2.83. The molecule has 47 heavy (non-hydrogen) atoms. The topological polar surface area (TPSA) is 193 Å². The molecule has 2 aromatic carbocycles. The molecule has 246 valence electrons. The molecule has 2 aromatic heterocycles. The standard InChI is InChI=1S/C31H31N5O11/c1-17(37)41-16-25-26(43-18(2)38)27(44-19(3)39)28(45-20(4)40)31(46-25)36-14-23(33-35-36)15-42-24-12-10-22(11-13-24)30-32-29(34-47-30)21-8-6-5-7-9-21/h5-14,25-28,31H,15-16H2,1-4H3/t25-,26-,27+,28-,31+/m1/s1. The summed E-state index contributed by atoms with van der Waals surface area (Å²) >= 11 is 0. The number of ether oxygens (including phenoxy) is 6. The molecule has 0 amide bonds. The van der Waals surface area contributed by atoms with E-state index in [-0.39, 0.29) is 13.2 Å². The van der Waals surface area contributed by atoms with Gasteiger partial charge >= 0.3 is 23.9 Å². The van der Waals surface area contributed by atoms with E-state index >= 15 is 0 Å². The number of nitrogens with zero attached hydrogens (tertiary/aromatic N) is 5. The van der Waals surface area contributed by atoms with E-state index in [0.717, 1.165) is 26.3 Å². The van der Waals surface area contributed by atoms with Gasteiger partial charge in [0, 0.05) is 38.8 Å². The Kier molecular flexibility index (Phi) is 10.2. The van der Waals surface area contributed by atoms with E-state index in [2.05, 4.69) is 20.5 Å². The summed E-state index contributed by atoms with van der Waals surface area (Å²) in [6.45, 7) is 4.25. The van der Waals surface area contributed by atoms with Gasteiger partial charge in [-0.2, -0.15) is 4.98 Å². The highest BCUT2D eigenvalue weighted by Crippen LogP contribution is 2.34. The molecule has 1 saturated heterocycles. The monoisotopic (exact) mass is 649 g/mol. The highest BCUT2D eigenvalue weighted by Gasteiger charge is 2.53. The number of carbonyl (C=O) groups excluding carboxylic acids is 4. The van der Waals surface area contributed by atoms with Crippen LogP contribution in [0.5, 0.6) is 5.75 Å². The maximum Gasteiger partial charge on any atom is 0.303 e. The molecule has 1 aliphatic rings. The first-order valence-electron chi connectivity index (χ1n) is 14.4. The molecule has 0 unspecified atom stereocenters. The summed E-state index contributed by atoms with van der Waals surface area (Å²) in [6, 6.07) is 16.4. The fourth-order valence-corrected chi connectivity index (χ4v) is 4.82. The van der Waals surface area contributed by atoms with Crippen LogP contribution in [0.25, 0.3) is 22.8 Å². The Balaban J connectivity index is 1.31. The highest BCUT2D eigenvalue weighted by molar-refractivity contribution is 5.69. The molecule has 5 rings (SSSR count). The van der Waals surface area contributed by atoms with Crippen LogP contribution in [0.1, 0.15) is 39.6 Å². The van der Waals surface area contributed by atoms with Gasteiger partial charge in [0.1, 0.15) is 30.8 Å². The Morgan fingerprint density at radius 3 is 2.11 bits per heavy atom. The lowest BCUT2D eigenvalue weighted by Gasteiger charge is -2.44. The van der Waals surface area contributed by atoms with Crippen LogP contribution in [0.2, 0.25) is 0 Å². The van der Waals surface area contributed by atoms with Gasteiger partial charge in [-0.1, -0.05) is 40.7 Å². The number of carbonyl (C=O) groups is 4. The van der Waals surface area contributed by atoms with E-state index in [1.54, 1.807) is 24.3 Å². The molecule has 5 atom stereocenters. The number of aromatic nitrogens is 5. The van der Waals surface area contributed by atoms with Crippen molar-refractivity contribution < 1.29 is 52.1 Å². The quantitative estimate of drug-likeness (QED) is 0.170. The van der Waals surface area contributed by atoms with Crippen molar-refractivity contribution in [3.63, 3.8) is 0 Å². The maximum atomic E-state index is 12.1. The van der Waals surface area contributed by atoms with Gasteiger partial charge in [0.2, 0.25) is 5.82 Å². The minimum Gasteiger partial charge on any atom is -0.487 e. The molecule has 3 heterocycles. The number of hydrogen-bond donors (Lipinski definition) is 0. The number of hydrogen-bond acceptors (Lipinski definition) is 15. The fourth-order valence-electron chi connectivity index (χ4n) is 4.82. The van der Waals surface area contributed by atoms with Gasteiger partial charge < -0.3 is 32.9 Å². The van der Waals surface area contributed by atoms with Gasteiger partial charge in [0.15, 0.2) is 24.5 Å². The Morgan fingerprint density at radius 1 is 0.787 bits per heavy atom. The van der Waals surface area contributed by atoms with Crippen molar-refractivity contribution in [2.45, 2.75) is 64.9 Å². The third-order valence-electron chi connectivity index (χ3n) is 6.73. The Bertz CT molecular complexity index is 1710. The molecular weight excluding hydrogens is 618 g/mol. The molecule has 4 aromatic rings. The van der Waals surface area contributed by atoms with E-state index in [1.807, 2.05) is 30.3 Å². The van der Waals surface area contributed by atoms with E-state index in [1.165, 1.54) is 17.8 Å². The second-order valence-electron chi connectivity index (χ2n) is 10.4. The summed E-state index contributed by atoms with van der Waals surface area (Å²) in [5, 5.41) is 12.3. The second kappa shape index (κ2) is 14.6. The molecule has 0 spiro atoms. The van der Waals surface area contributed by atoms with Crippen LogP contribution in [0.15, 0.2) is 65.3 Å². The summed E-state index contributed by atoms with van der Waals surface area (Å²) < 4.78 is 40.1. The number of benzene rings is 2. The molecular formula is C31H31N5O11. The summed E-state index contributed by atoms with van der Waals surface area (Å²) in [5.74, 6) is -1.50. The summed E-state index contributed by atoms with van der Waals surface area (Å²) in [4.78, 5) is 52.2. The Labute approximate surface area is 267 Å². The van der Waals surface area contributed by atoms with Crippen molar-refractivity contribution >= 4 is 23.9 Å². The van der Waals surface area contributed by atoms with Gasteiger partial charge in [-0.3, -0.25) is 19.2 Å². The summed E-state index contributed by atoms with van der Waals surface area (Å²) in [6.07, 6.45) is -4.84. The SMILES string of the molecule is CC(=O)OC[C@H]1O[C@H](n2cc(COc3ccc(-c4nc(-c5ccccc5)no4)cc3)nn2)[C@H](OC(C)=O)[C@@H](OC(C)=O)[C@@H]1OC(C)=O. The first kappa shape index (κ1) is 32.7. The van der Waals surface area contributed by atoms with E-state index in [4.69, 9.17) is 32.9 Å². The molecule has 0 bridgehead atoms. The van der Waals surface area contributed by atoms with Crippen molar-refractivity contribution in [1.82, 2.24) is 25.1 Å². The van der Waals surface area contributed by atoms with Gasteiger partial charge in [0.25, 0.3) is 5.89 Å². The minimum atomic E-state index is -1.34. The predicted molar refractivity (Wildman–Crippen MR) is 157 cm³/mol. The van der Waals surface area contributed by atoms with Gasteiger partial charge in [-0.15, -0.1) is 5.10 Å². The highest BCUT2D eigenvalue weighted by atomic mass is 16.7. The first-order chi connectivity index (χ1) is 22.6. The van der Waals surface area contributed by atoms with Crippen LogP contribution >= 0.6 is 0 Å². The molecule has 1 aliphatic heterocycles. The molecule has 0 aliphatic carbocycles. The molecule has 16 heteroatoms. The third kappa shape index (κ3) is 8.35. The smallest absolute Gasteiger partial charge is 0.303 e. The van der Waals surface area contributed by atoms with Gasteiger partial charge in [0.05, 0.1) is 6.20 Å². The third-order valence-corrected chi connectivity index (χ3v) is 6.73. The summed E-state index contributed by atoms with van der Waals surface area (Å²) in [5.41, 5.74) is 1.90. The summed E-state index contributed by atoms with van der Waals surface area (Å²) in [7, 11) is 0. The minimum absolute atomic E-state index is 0.0106. The van der Waals surface area contributed by atoms with Crippen LogP contribution in [0.4, 0.5) is 0 Å². The lowest BCUT2D eigenvalue weighted by molar-refractivity contribution is -0.270. The number of rotatable bonds is 11. The van der Waals surface area contributed by atoms with Crippen LogP contribution in [0.3, 0.4) is 0 Å². The van der Waals surface area contributed by atoms with Crippen molar-refractivity contribution in [3.05, 3.63) is 66.5 Å². The van der Waals surface area contributed by atoms with Crippen LogP contribution in [0, 0.1) is 0 Å². The van der Waals surface area contributed by atoms with Crippen molar-refractivity contribution in [2.75, 3.05) is 6.61 Å². The van der Waals surface area contributed by atoms with Crippen molar-refractivity contribution in [2.24, 2.45) is 0 Å². The van der Waals surface area contributed by atoms with Crippen molar-refractivity contribution in [3.8, 4) is 28.6 Å². The maximum absolute atomic E-state index is 12.1. The zero-order valence-electron chi connectivity index (χ0n) is 25.8.